The minimum Gasteiger partial charge on any atom is -0.479 e. The highest BCUT2D eigenvalue weighted by atomic mass is 32.2. The molecule has 0 aliphatic carbocycles. The lowest BCUT2D eigenvalue weighted by molar-refractivity contribution is -0.112. The minimum atomic E-state index is 0.0198. The van der Waals surface area contributed by atoms with E-state index in [4.69, 9.17) is 17.0 Å². The highest BCUT2D eigenvalue weighted by molar-refractivity contribution is 8.32. The van der Waals surface area contributed by atoms with Gasteiger partial charge in [-0.05, 0) is 36.3 Å². The number of hydrogen-bond acceptors (Lipinski definition) is 4. The Labute approximate surface area is 89.4 Å². The third-order valence-electron chi connectivity index (χ3n) is 1.13. The van der Waals surface area contributed by atoms with Crippen LogP contribution in [0.15, 0.2) is 0 Å². The predicted molar refractivity (Wildman–Crippen MR) is 60.9 cm³/mol. The standard InChI is InChI=1S/C9H16O2S2/c1-5-11-8(12)13-7(10)6-9(2,3)4/h5-6H2,1-4H3. The first-order valence-corrected chi connectivity index (χ1v) is 5.45. The van der Waals surface area contributed by atoms with Crippen molar-refractivity contribution in [3.05, 3.63) is 0 Å². The van der Waals surface area contributed by atoms with Crippen LogP contribution in [0.3, 0.4) is 0 Å². The molecule has 0 aliphatic rings. The molecular formula is C9H16O2S2. The molecule has 0 bridgehead atoms. The Morgan fingerprint density at radius 1 is 1.46 bits per heavy atom. The van der Waals surface area contributed by atoms with E-state index in [0.29, 0.717) is 17.4 Å². The quantitative estimate of drug-likeness (QED) is 0.668. The number of rotatable bonds is 2. The van der Waals surface area contributed by atoms with Gasteiger partial charge >= 0.3 is 0 Å². The molecule has 0 aliphatic heterocycles. The van der Waals surface area contributed by atoms with Crippen LogP contribution in [-0.4, -0.2) is 16.1 Å². The van der Waals surface area contributed by atoms with Gasteiger partial charge in [0, 0.05) is 6.42 Å². The molecule has 0 N–H and O–H groups in total. The van der Waals surface area contributed by atoms with E-state index in [1.807, 2.05) is 27.7 Å². The monoisotopic (exact) mass is 220 g/mol. The van der Waals surface area contributed by atoms with Crippen molar-refractivity contribution in [2.75, 3.05) is 6.61 Å². The van der Waals surface area contributed by atoms with Crippen LogP contribution >= 0.6 is 24.0 Å². The summed E-state index contributed by atoms with van der Waals surface area (Å²) in [7, 11) is 0. The zero-order valence-electron chi connectivity index (χ0n) is 8.55. The van der Waals surface area contributed by atoms with E-state index in [1.165, 1.54) is 0 Å². The summed E-state index contributed by atoms with van der Waals surface area (Å²) in [4.78, 5) is 11.3. The van der Waals surface area contributed by atoms with Gasteiger partial charge in [0.05, 0.1) is 6.61 Å². The molecule has 0 heterocycles. The second-order valence-corrected chi connectivity index (χ2v) is 5.55. The van der Waals surface area contributed by atoms with Crippen molar-refractivity contribution in [2.45, 2.75) is 34.1 Å². The second kappa shape index (κ2) is 5.60. The minimum absolute atomic E-state index is 0.0198. The van der Waals surface area contributed by atoms with Crippen molar-refractivity contribution in [2.24, 2.45) is 5.41 Å². The number of carbonyl (C=O) groups excluding carboxylic acids is 1. The molecule has 0 saturated heterocycles. The van der Waals surface area contributed by atoms with Crippen LogP contribution in [0, 0.1) is 5.41 Å². The van der Waals surface area contributed by atoms with Crippen LogP contribution in [0.25, 0.3) is 0 Å². The summed E-state index contributed by atoms with van der Waals surface area (Å²) in [6, 6.07) is 0. The molecule has 0 aromatic carbocycles. The highest BCUT2D eigenvalue weighted by Gasteiger charge is 2.17. The van der Waals surface area contributed by atoms with E-state index in [-0.39, 0.29) is 10.5 Å². The summed E-state index contributed by atoms with van der Waals surface area (Å²) in [6.45, 7) is 8.44. The zero-order chi connectivity index (χ0) is 10.5. The number of ether oxygens (including phenoxy) is 1. The van der Waals surface area contributed by atoms with E-state index >= 15 is 0 Å². The maximum atomic E-state index is 11.3. The fraction of sp³-hybridized carbons (Fsp3) is 0.778. The lowest BCUT2D eigenvalue weighted by atomic mass is 9.93. The van der Waals surface area contributed by atoms with E-state index in [9.17, 15) is 4.79 Å². The Balaban J connectivity index is 3.82. The van der Waals surface area contributed by atoms with Crippen molar-refractivity contribution in [3.8, 4) is 0 Å². The van der Waals surface area contributed by atoms with Gasteiger partial charge in [0.25, 0.3) is 0 Å². The van der Waals surface area contributed by atoms with Crippen molar-refractivity contribution in [1.82, 2.24) is 0 Å². The summed E-state index contributed by atoms with van der Waals surface area (Å²) in [5.74, 6) is 0. The fourth-order valence-electron chi connectivity index (χ4n) is 0.709. The lowest BCUT2D eigenvalue weighted by Gasteiger charge is -2.16. The van der Waals surface area contributed by atoms with Crippen molar-refractivity contribution >= 4 is 33.5 Å². The van der Waals surface area contributed by atoms with Gasteiger partial charge in [-0.1, -0.05) is 20.8 Å². The molecule has 4 heteroatoms. The van der Waals surface area contributed by atoms with Gasteiger partial charge in [-0.25, -0.2) is 0 Å². The van der Waals surface area contributed by atoms with Gasteiger partial charge in [0.2, 0.25) is 4.38 Å². The maximum Gasteiger partial charge on any atom is 0.227 e. The van der Waals surface area contributed by atoms with Crippen LogP contribution in [0.4, 0.5) is 0 Å². The molecule has 0 radical (unpaired) electrons. The van der Waals surface area contributed by atoms with Gasteiger partial charge in [-0.3, -0.25) is 4.79 Å². The first-order valence-electron chi connectivity index (χ1n) is 4.22. The largest absolute Gasteiger partial charge is 0.479 e. The summed E-state index contributed by atoms with van der Waals surface area (Å²) >= 11 is 5.86. The predicted octanol–water partition coefficient (Wildman–Crippen LogP) is 3.00. The molecule has 13 heavy (non-hydrogen) atoms. The highest BCUT2D eigenvalue weighted by Crippen LogP contribution is 2.23. The average molecular weight is 220 g/mol. The average Bonchev–Trinajstić information content (AvgIpc) is 1.81. The number of thiocarbonyl (C=S) groups is 1. The van der Waals surface area contributed by atoms with Crippen LogP contribution in [-0.2, 0) is 9.53 Å². The maximum absolute atomic E-state index is 11.3. The summed E-state index contributed by atoms with van der Waals surface area (Å²) in [5.41, 5.74) is 0.0198. The Morgan fingerprint density at radius 2 is 2.00 bits per heavy atom. The van der Waals surface area contributed by atoms with E-state index < -0.39 is 0 Å². The Morgan fingerprint density at radius 3 is 2.38 bits per heavy atom. The number of carbonyl (C=O) groups is 1. The molecule has 0 aromatic rings. The molecular weight excluding hydrogens is 204 g/mol. The Bertz CT molecular complexity index is 194. The second-order valence-electron chi connectivity index (χ2n) is 3.89. The molecule has 0 rings (SSSR count). The fourth-order valence-corrected chi connectivity index (χ4v) is 1.97. The Kier molecular flexibility index (Phi) is 5.56. The van der Waals surface area contributed by atoms with Crippen LogP contribution in [0.5, 0.6) is 0 Å². The van der Waals surface area contributed by atoms with E-state index in [1.54, 1.807) is 0 Å². The van der Waals surface area contributed by atoms with E-state index in [0.717, 1.165) is 11.8 Å². The molecule has 0 atom stereocenters. The molecule has 0 aromatic heterocycles. The third kappa shape index (κ3) is 8.25. The number of thioether (sulfide) groups is 1. The first kappa shape index (κ1) is 12.9. The molecule has 76 valence electrons. The molecule has 2 nitrogen and oxygen atoms in total. The molecule has 0 fully saturated rings. The zero-order valence-corrected chi connectivity index (χ0v) is 10.2. The van der Waals surface area contributed by atoms with E-state index in [2.05, 4.69) is 0 Å². The summed E-state index contributed by atoms with van der Waals surface area (Å²) in [5, 5.41) is 0.0750. The SMILES string of the molecule is CCOC(=S)SC(=O)CC(C)(C)C. The summed E-state index contributed by atoms with van der Waals surface area (Å²) < 4.78 is 5.33. The van der Waals surface area contributed by atoms with Gasteiger partial charge in [-0.15, -0.1) is 0 Å². The van der Waals surface area contributed by atoms with Crippen molar-refractivity contribution in [3.63, 3.8) is 0 Å². The number of hydrogen-bond donors (Lipinski definition) is 0. The molecule has 0 saturated carbocycles. The van der Waals surface area contributed by atoms with Gasteiger partial charge in [0.15, 0.2) is 5.12 Å². The molecule has 0 unspecified atom stereocenters. The van der Waals surface area contributed by atoms with Crippen LogP contribution in [0.1, 0.15) is 34.1 Å². The first-order chi connectivity index (χ1) is 5.85. The summed E-state index contributed by atoms with van der Waals surface area (Å²) in [6.07, 6.45) is 0.519. The smallest absolute Gasteiger partial charge is 0.227 e. The van der Waals surface area contributed by atoms with Crippen LogP contribution in [0.2, 0.25) is 0 Å². The molecule has 0 spiro atoms. The normalized spacial score (nSPS) is 11.1. The van der Waals surface area contributed by atoms with Gasteiger partial charge in [0.1, 0.15) is 0 Å². The molecule has 0 amide bonds. The van der Waals surface area contributed by atoms with Gasteiger partial charge < -0.3 is 4.74 Å². The third-order valence-corrected chi connectivity index (χ3v) is 2.16. The van der Waals surface area contributed by atoms with Crippen LogP contribution < -0.4 is 0 Å². The van der Waals surface area contributed by atoms with Crippen molar-refractivity contribution in [1.29, 1.82) is 0 Å². The Hall–Kier alpha value is -0.0900. The van der Waals surface area contributed by atoms with Crippen molar-refractivity contribution < 1.29 is 9.53 Å². The van der Waals surface area contributed by atoms with Gasteiger partial charge in [-0.2, -0.15) is 0 Å². The topological polar surface area (TPSA) is 26.3 Å². The lowest BCUT2D eigenvalue weighted by Crippen LogP contribution is -2.12.